The normalized spacial score (nSPS) is 13.8. The summed E-state index contributed by atoms with van der Waals surface area (Å²) in [7, 11) is 3.39. The van der Waals surface area contributed by atoms with Crippen LogP contribution in [-0.4, -0.2) is 54.7 Å². The van der Waals surface area contributed by atoms with Gasteiger partial charge in [0.25, 0.3) is 11.8 Å². The van der Waals surface area contributed by atoms with Crippen LogP contribution in [0.5, 0.6) is 5.75 Å². The molecule has 4 aromatic carbocycles. The van der Waals surface area contributed by atoms with Crippen molar-refractivity contribution < 1.29 is 19.4 Å². The quantitative estimate of drug-likeness (QED) is 0.192. The molecule has 0 heterocycles. The third-order valence-electron chi connectivity index (χ3n) is 7.86. The highest BCUT2D eigenvalue weighted by atomic mass is 16.5. The summed E-state index contributed by atoms with van der Waals surface area (Å²) >= 11 is 0. The molecule has 0 aliphatic rings. The van der Waals surface area contributed by atoms with E-state index in [4.69, 9.17) is 4.74 Å². The molecule has 3 N–H and O–H groups in total. The van der Waals surface area contributed by atoms with Crippen molar-refractivity contribution in [2.75, 3.05) is 20.7 Å². The summed E-state index contributed by atoms with van der Waals surface area (Å²) < 4.78 is 5.34. The number of amides is 2. The molecule has 0 saturated carbocycles. The van der Waals surface area contributed by atoms with Gasteiger partial charge < -0.3 is 25.4 Å². The number of methoxy groups -OCH3 is 1. The molecule has 4 atom stereocenters. The number of carbonyl (C=O) groups excluding carboxylic acids is 2. The van der Waals surface area contributed by atoms with Gasteiger partial charge in [0.1, 0.15) is 5.75 Å². The molecule has 43 heavy (non-hydrogen) atoms. The summed E-state index contributed by atoms with van der Waals surface area (Å²) in [4.78, 5) is 28.5. The lowest BCUT2D eigenvalue weighted by Gasteiger charge is -2.27. The van der Waals surface area contributed by atoms with Crippen LogP contribution < -0.4 is 15.4 Å². The van der Waals surface area contributed by atoms with Crippen molar-refractivity contribution in [3.63, 3.8) is 0 Å². The number of aliphatic hydroxyl groups excluding tert-OH is 1. The maximum absolute atomic E-state index is 13.5. The molecule has 0 radical (unpaired) electrons. The monoisotopic (exact) mass is 579 g/mol. The van der Waals surface area contributed by atoms with Crippen molar-refractivity contribution in [3.8, 4) is 5.75 Å². The fourth-order valence-corrected chi connectivity index (χ4v) is 5.00. The van der Waals surface area contributed by atoms with Crippen LogP contribution in [0, 0.1) is 0 Å². The van der Waals surface area contributed by atoms with E-state index in [-0.39, 0.29) is 30.4 Å². The Morgan fingerprint density at radius 3 is 2.14 bits per heavy atom. The molecule has 0 aliphatic heterocycles. The van der Waals surface area contributed by atoms with E-state index in [1.807, 2.05) is 98.8 Å². The van der Waals surface area contributed by atoms with E-state index < -0.39 is 12.1 Å². The summed E-state index contributed by atoms with van der Waals surface area (Å²) in [6, 6.07) is 33.3. The molecular weight excluding hydrogens is 538 g/mol. The van der Waals surface area contributed by atoms with Gasteiger partial charge in [-0.3, -0.25) is 9.59 Å². The zero-order chi connectivity index (χ0) is 30.8. The maximum Gasteiger partial charge on any atom is 0.254 e. The SMILES string of the molecule is COc1cccc([C@@H](C)NC[C@@H](O)[C@H](Cc2ccccc2)NC(=O)c2cccc(C(=O)N(C)[C@@H](C)c3ccccc3)c2)c1. The molecule has 0 aliphatic carbocycles. The van der Waals surface area contributed by atoms with Crippen LogP contribution in [0.2, 0.25) is 0 Å². The highest BCUT2D eigenvalue weighted by molar-refractivity contribution is 5.99. The van der Waals surface area contributed by atoms with Crippen LogP contribution in [0.25, 0.3) is 0 Å². The van der Waals surface area contributed by atoms with Gasteiger partial charge in [0.15, 0.2) is 0 Å². The Kier molecular flexibility index (Phi) is 11.1. The van der Waals surface area contributed by atoms with Gasteiger partial charge >= 0.3 is 0 Å². The molecule has 0 bridgehead atoms. The van der Waals surface area contributed by atoms with Crippen LogP contribution in [-0.2, 0) is 6.42 Å². The van der Waals surface area contributed by atoms with E-state index in [0.29, 0.717) is 17.5 Å². The summed E-state index contributed by atoms with van der Waals surface area (Å²) in [6.07, 6.45) is -0.432. The van der Waals surface area contributed by atoms with Gasteiger partial charge in [0, 0.05) is 30.8 Å². The highest BCUT2D eigenvalue weighted by Gasteiger charge is 2.25. The van der Waals surface area contributed by atoms with Gasteiger partial charge in [0.2, 0.25) is 0 Å². The number of carbonyl (C=O) groups is 2. The minimum atomic E-state index is -0.875. The fourth-order valence-electron chi connectivity index (χ4n) is 5.00. The number of nitrogens with zero attached hydrogens (tertiary/aromatic N) is 1. The standard InChI is InChI=1S/C36H41N3O4/c1-25(29-17-12-20-32(23-29)43-4)37-24-34(40)33(21-27-13-7-5-8-14-27)38-35(41)30-18-11-19-31(22-30)36(42)39(3)26(2)28-15-9-6-10-16-28/h5-20,22-23,25-26,33-34,37,40H,21,24H2,1-4H3,(H,38,41)/t25-,26+,33+,34-/m1/s1. The number of hydrogen-bond donors (Lipinski definition) is 3. The molecule has 7 nitrogen and oxygen atoms in total. The minimum absolute atomic E-state index is 0.0456. The average molecular weight is 580 g/mol. The largest absolute Gasteiger partial charge is 0.497 e. The molecule has 224 valence electrons. The third-order valence-corrected chi connectivity index (χ3v) is 7.86. The summed E-state index contributed by atoms with van der Waals surface area (Å²) in [5.74, 6) is 0.235. The smallest absolute Gasteiger partial charge is 0.254 e. The first-order chi connectivity index (χ1) is 20.8. The Balaban J connectivity index is 1.46. The van der Waals surface area contributed by atoms with Crippen molar-refractivity contribution in [2.24, 2.45) is 0 Å². The number of aliphatic hydroxyl groups is 1. The summed E-state index contributed by atoms with van der Waals surface area (Å²) in [6.45, 7) is 4.25. The first-order valence-electron chi connectivity index (χ1n) is 14.6. The molecular formula is C36H41N3O4. The van der Waals surface area contributed by atoms with Gasteiger partial charge in [-0.1, -0.05) is 78.9 Å². The number of rotatable bonds is 13. The first kappa shape index (κ1) is 31.5. The molecule has 4 aromatic rings. The highest BCUT2D eigenvalue weighted by Crippen LogP contribution is 2.22. The number of ether oxygens (including phenoxy) is 1. The maximum atomic E-state index is 13.5. The molecule has 7 heteroatoms. The molecule has 0 saturated heterocycles. The molecule has 0 spiro atoms. The number of hydrogen-bond acceptors (Lipinski definition) is 5. The van der Waals surface area contributed by atoms with Crippen LogP contribution in [0.15, 0.2) is 109 Å². The lowest BCUT2D eigenvalue weighted by Crippen LogP contribution is -2.49. The third kappa shape index (κ3) is 8.53. The van der Waals surface area contributed by atoms with E-state index in [2.05, 4.69) is 10.6 Å². The van der Waals surface area contributed by atoms with Gasteiger partial charge in [-0.2, -0.15) is 0 Å². The zero-order valence-electron chi connectivity index (χ0n) is 25.2. The van der Waals surface area contributed by atoms with Gasteiger partial charge in [-0.15, -0.1) is 0 Å². The lowest BCUT2D eigenvalue weighted by molar-refractivity contribution is 0.0742. The van der Waals surface area contributed by atoms with Gasteiger partial charge in [-0.25, -0.2) is 0 Å². The molecule has 2 amide bonds. The molecule has 0 fully saturated rings. The molecule has 0 aromatic heterocycles. The van der Waals surface area contributed by atoms with E-state index >= 15 is 0 Å². The van der Waals surface area contributed by atoms with Crippen molar-refractivity contribution in [1.29, 1.82) is 0 Å². The van der Waals surface area contributed by atoms with Crippen molar-refractivity contribution >= 4 is 11.8 Å². The number of benzene rings is 4. The Morgan fingerprint density at radius 1 is 0.814 bits per heavy atom. The second kappa shape index (κ2) is 15.1. The second-order valence-corrected chi connectivity index (χ2v) is 10.8. The average Bonchev–Trinajstić information content (AvgIpc) is 3.06. The molecule has 0 unspecified atom stereocenters. The van der Waals surface area contributed by atoms with Gasteiger partial charge in [-0.05, 0) is 67.3 Å². The van der Waals surface area contributed by atoms with E-state index in [9.17, 15) is 14.7 Å². The Labute approximate surface area is 254 Å². The minimum Gasteiger partial charge on any atom is -0.497 e. The number of nitrogens with one attached hydrogen (secondary N) is 2. The first-order valence-corrected chi connectivity index (χ1v) is 14.6. The topological polar surface area (TPSA) is 90.9 Å². The predicted octanol–water partition coefficient (Wildman–Crippen LogP) is 5.58. The van der Waals surface area contributed by atoms with E-state index in [0.717, 1.165) is 22.4 Å². The fraction of sp³-hybridized carbons (Fsp3) is 0.278. The van der Waals surface area contributed by atoms with E-state index in [1.54, 1.807) is 43.3 Å². The Bertz CT molecular complexity index is 1480. The van der Waals surface area contributed by atoms with Crippen LogP contribution in [0.3, 0.4) is 0 Å². The van der Waals surface area contributed by atoms with Crippen molar-refractivity contribution in [2.45, 2.75) is 44.5 Å². The van der Waals surface area contributed by atoms with Crippen LogP contribution in [0.1, 0.15) is 63.3 Å². The predicted molar refractivity (Wildman–Crippen MR) is 170 cm³/mol. The summed E-state index contributed by atoms with van der Waals surface area (Å²) in [5.41, 5.74) is 3.83. The van der Waals surface area contributed by atoms with E-state index in [1.165, 1.54) is 0 Å². The Morgan fingerprint density at radius 2 is 1.44 bits per heavy atom. The zero-order valence-corrected chi connectivity index (χ0v) is 25.2. The van der Waals surface area contributed by atoms with Crippen molar-refractivity contribution in [3.05, 3.63) is 137 Å². The van der Waals surface area contributed by atoms with Gasteiger partial charge in [0.05, 0.1) is 25.3 Å². The second-order valence-electron chi connectivity index (χ2n) is 10.8. The lowest BCUT2D eigenvalue weighted by atomic mass is 9.99. The van der Waals surface area contributed by atoms with Crippen LogP contribution >= 0.6 is 0 Å². The van der Waals surface area contributed by atoms with Crippen molar-refractivity contribution in [1.82, 2.24) is 15.5 Å². The molecule has 4 rings (SSSR count). The van der Waals surface area contributed by atoms with Crippen LogP contribution in [0.4, 0.5) is 0 Å². The Hall–Kier alpha value is -4.46. The summed E-state index contributed by atoms with van der Waals surface area (Å²) in [5, 5.41) is 17.7.